The van der Waals surface area contributed by atoms with Crippen LogP contribution < -0.4 is 25.4 Å². The van der Waals surface area contributed by atoms with Crippen LogP contribution in [0, 0.1) is 23.7 Å². The molecule has 0 radical (unpaired) electrons. The van der Waals surface area contributed by atoms with Crippen molar-refractivity contribution in [3.05, 3.63) is 59.7 Å². The fourth-order valence-corrected chi connectivity index (χ4v) is 9.16. The zero-order valence-corrected chi connectivity index (χ0v) is 35.9. The van der Waals surface area contributed by atoms with E-state index in [0.717, 1.165) is 31.2 Å². The smallest absolute Gasteiger partial charge is 0.415 e. The number of carboxylic acids is 1. The van der Waals surface area contributed by atoms with Gasteiger partial charge in [0.25, 0.3) is 5.91 Å². The third kappa shape index (κ3) is 13.7. The van der Waals surface area contributed by atoms with Crippen LogP contribution in [0.25, 0.3) is 0 Å². The number of piperidine rings is 1. The largest absolute Gasteiger partial charge is 0.483 e. The molecule has 12 nitrogen and oxygen atoms in total. The van der Waals surface area contributed by atoms with Crippen LogP contribution in [0.5, 0.6) is 11.5 Å². The number of aliphatic carboxylic acids is 1. The summed E-state index contributed by atoms with van der Waals surface area (Å²) in [6.45, 7) is 10.7. The van der Waals surface area contributed by atoms with Crippen LogP contribution in [0.1, 0.15) is 129 Å². The summed E-state index contributed by atoms with van der Waals surface area (Å²) in [6.07, 6.45) is 13.2. The van der Waals surface area contributed by atoms with Gasteiger partial charge in [-0.15, -0.1) is 0 Å². The molecule has 12 heteroatoms. The molecule has 2 saturated carbocycles. The number of para-hydroxylation sites is 1. The summed E-state index contributed by atoms with van der Waals surface area (Å²) in [5.74, 6) is -0.0805. The summed E-state index contributed by atoms with van der Waals surface area (Å²) >= 11 is 0. The zero-order chi connectivity index (χ0) is 42.5. The first-order chi connectivity index (χ1) is 28.2. The Morgan fingerprint density at radius 3 is 1.92 bits per heavy atom. The maximum absolute atomic E-state index is 13.8. The van der Waals surface area contributed by atoms with E-state index in [1.54, 1.807) is 35.2 Å². The molecule has 4 N–H and O–H groups in total. The first kappa shape index (κ1) is 45.5. The maximum Gasteiger partial charge on any atom is 0.415 e. The van der Waals surface area contributed by atoms with Crippen LogP contribution in [0.3, 0.4) is 0 Å². The van der Waals surface area contributed by atoms with Crippen LogP contribution in [0.15, 0.2) is 48.5 Å². The van der Waals surface area contributed by atoms with Gasteiger partial charge in [-0.05, 0) is 97.4 Å². The number of nitrogens with zero attached hydrogens (tertiary/aromatic N) is 1. The quantitative estimate of drug-likeness (QED) is 0.135. The van der Waals surface area contributed by atoms with E-state index >= 15 is 0 Å². The molecule has 1 saturated heterocycles. The molecule has 5 rings (SSSR count). The predicted molar refractivity (Wildman–Crippen MR) is 227 cm³/mol. The van der Waals surface area contributed by atoms with Gasteiger partial charge in [-0.2, -0.15) is 0 Å². The van der Waals surface area contributed by atoms with Gasteiger partial charge < -0.3 is 35.4 Å². The van der Waals surface area contributed by atoms with Gasteiger partial charge >= 0.3 is 12.1 Å². The first-order valence-electron chi connectivity index (χ1n) is 22.1. The number of carbonyl (C=O) groups is 5. The number of carboxylic acid groups (broad SMARTS) is 1. The average Bonchev–Trinajstić information content (AvgIpc) is 3.21. The van der Waals surface area contributed by atoms with Gasteiger partial charge in [-0.3, -0.25) is 14.4 Å². The topological polar surface area (TPSA) is 163 Å². The van der Waals surface area contributed by atoms with Gasteiger partial charge in [-0.1, -0.05) is 103 Å². The molecule has 2 aromatic rings. The van der Waals surface area contributed by atoms with E-state index in [-0.39, 0.29) is 42.2 Å². The normalized spacial score (nSPS) is 18.2. The molecular formula is C47H68N4O8. The van der Waals surface area contributed by atoms with Gasteiger partial charge in [0, 0.05) is 31.5 Å². The Kier molecular flexibility index (Phi) is 16.6. The Hall–Kier alpha value is -4.61. The molecule has 0 aromatic heterocycles. The Morgan fingerprint density at radius 2 is 1.36 bits per heavy atom. The van der Waals surface area contributed by atoms with Crippen molar-refractivity contribution in [3.63, 3.8) is 0 Å². The van der Waals surface area contributed by atoms with Crippen molar-refractivity contribution >= 4 is 29.8 Å². The fraction of sp³-hybridized carbons (Fsp3) is 0.638. The lowest BCUT2D eigenvalue weighted by atomic mass is 9.69. The van der Waals surface area contributed by atoms with Gasteiger partial charge in [0.1, 0.15) is 23.6 Å². The minimum absolute atomic E-state index is 0.0219. The summed E-state index contributed by atoms with van der Waals surface area (Å²) in [7, 11) is 0. The summed E-state index contributed by atoms with van der Waals surface area (Å²) in [4.78, 5) is 67.3. The van der Waals surface area contributed by atoms with Crippen molar-refractivity contribution in [1.82, 2.24) is 20.9 Å². The first-order valence-corrected chi connectivity index (χ1v) is 22.1. The minimum atomic E-state index is -1.26. The number of benzene rings is 2. The van der Waals surface area contributed by atoms with E-state index in [1.807, 2.05) is 32.0 Å². The Balaban J connectivity index is 1.09. The van der Waals surface area contributed by atoms with Crippen LogP contribution in [-0.4, -0.2) is 77.6 Å². The molecule has 1 heterocycles. The molecule has 0 bridgehead atoms. The summed E-state index contributed by atoms with van der Waals surface area (Å²) in [5, 5.41) is 18.8. The Bertz CT molecular complexity index is 1680. The van der Waals surface area contributed by atoms with Crippen LogP contribution in [0.4, 0.5) is 4.79 Å². The number of nitrogens with one attached hydrogen (secondary N) is 3. The van der Waals surface area contributed by atoms with Gasteiger partial charge in [0.05, 0.1) is 0 Å². The number of amides is 4. The van der Waals surface area contributed by atoms with Gasteiger partial charge in [0.2, 0.25) is 11.8 Å². The SMILES string of the molecule is CC(C)CC(NC(=O)COc1ccccc1C(C)(C)C)C(=O)NC(Cc1ccc(OC(=O)N2CCC(NC(=O)C(C3CCCCC3)C3CCCCC3)CC2)cc1)C(=O)O. The molecule has 3 fully saturated rings. The molecule has 1 aliphatic heterocycles. The molecule has 2 atom stereocenters. The second-order valence-electron chi connectivity index (χ2n) is 18.5. The maximum atomic E-state index is 13.8. The Labute approximate surface area is 350 Å². The van der Waals surface area contributed by atoms with Crippen LogP contribution in [0.2, 0.25) is 0 Å². The fourth-order valence-electron chi connectivity index (χ4n) is 9.16. The summed E-state index contributed by atoms with van der Waals surface area (Å²) in [5.41, 5.74) is 1.36. The standard InChI is InChI=1S/C47H68N4O8/c1-31(2)28-38(49-41(52)30-58-40-19-13-12-18-37(40)47(3,4)5)43(53)50-39(45(55)56)29-32-20-22-36(23-21-32)59-46(57)51-26-24-35(25-27-51)48-44(54)42(33-14-8-6-9-15-33)34-16-10-7-11-17-34/h12-13,18-23,31,33-35,38-39,42H,6-11,14-17,24-30H2,1-5H3,(H,48,54)(H,49,52)(H,50,53)(H,55,56). The van der Waals surface area contributed by atoms with Crippen molar-refractivity contribution in [2.45, 2.75) is 148 Å². The number of rotatable bonds is 16. The number of ether oxygens (including phenoxy) is 2. The molecule has 0 spiro atoms. The van der Waals surface area contributed by atoms with E-state index < -0.39 is 36.0 Å². The third-order valence-electron chi connectivity index (χ3n) is 12.3. The van der Waals surface area contributed by atoms with E-state index in [4.69, 9.17) is 9.47 Å². The second kappa shape index (κ2) is 21.6. The predicted octanol–water partition coefficient (Wildman–Crippen LogP) is 7.56. The van der Waals surface area contributed by atoms with Crippen molar-refractivity contribution < 1.29 is 38.6 Å². The summed E-state index contributed by atoms with van der Waals surface area (Å²) in [6, 6.07) is 11.9. The number of hydrogen-bond donors (Lipinski definition) is 4. The van der Waals surface area contributed by atoms with Crippen molar-refractivity contribution in [3.8, 4) is 11.5 Å². The highest BCUT2D eigenvalue weighted by molar-refractivity contribution is 5.91. The Morgan fingerprint density at radius 1 is 0.763 bits per heavy atom. The average molecular weight is 817 g/mol. The van der Waals surface area contributed by atoms with E-state index in [2.05, 4.69) is 36.7 Å². The third-order valence-corrected chi connectivity index (χ3v) is 12.3. The monoisotopic (exact) mass is 817 g/mol. The molecule has 2 unspecified atom stereocenters. The molecule has 2 aliphatic carbocycles. The number of carbonyl (C=O) groups excluding carboxylic acids is 4. The van der Waals surface area contributed by atoms with Gasteiger partial charge in [0.15, 0.2) is 6.61 Å². The second-order valence-corrected chi connectivity index (χ2v) is 18.5. The molecule has 4 amide bonds. The molecule has 324 valence electrons. The molecule has 3 aliphatic rings. The van der Waals surface area contributed by atoms with Crippen molar-refractivity contribution in [2.24, 2.45) is 23.7 Å². The highest BCUT2D eigenvalue weighted by Gasteiger charge is 2.38. The lowest BCUT2D eigenvalue weighted by molar-refractivity contribution is -0.142. The van der Waals surface area contributed by atoms with E-state index in [1.165, 1.54) is 38.5 Å². The van der Waals surface area contributed by atoms with Gasteiger partial charge in [-0.25, -0.2) is 9.59 Å². The van der Waals surface area contributed by atoms with E-state index in [9.17, 15) is 29.1 Å². The number of likely N-dealkylation sites (tertiary alicyclic amines) is 1. The summed E-state index contributed by atoms with van der Waals surface area (Å²) < 4.78 is 11.5. The highest BCUT2D eigenvalue weighted by atomic mass is 16.6. The lowest BCUT2D eigenvalue weighted by Gasteiger charge is -2.38. The van der Waals surface area contributed by atoms with Crippen LogP contribution in [-0.2, 0) is 31.0 Å². The molecule has 2 aromatic carbocycles. The molecular weight excluding hydrogens is 749 g/mol. The highest BCUT2D eigenvalue weighted by Crippen LogP contribution is 2.40. The molecule has 59 heavy (non-hydrogen) atoms. The van der Waals surface area contributed by atoms with Crippen molar-refractivity contribution in [1.29, 1.82) is 0 Å². The minimum Gasteiger partial charge on any atom is -0.483 e. The number of hydrogen-bond acceptors (Lipinski definition) is 7. The lowest BCUT2D eigenvalue weighted by Crippen LogP contribution is -2.53. The van der Waals surface area contributed by atoms with Crippen LogP contribution >= 0.6 is 0 Å². The zero-order valence-electron chi connectivity index (χ0n) is 35.9. The van der Waals surface area contributed by atoms with E-state index in [0.29, 0.717) is 61.3 Å². The van der Waals surface area contributed by atoms with Crippen molar-refractivity contribution in [2.75, 3.05) is 19.7 Å².